The highest BCUT2D eigenvalue weighted by Gasteiger charge is 2.21. The van der Waals surface area contributed by atoms with E-state index in [0.717, 1.165) is 25.7 Å². The van der Waals surface area contributed by atoms with Crippen molar-refractivity contribution in [3.8, 4) is 0 Å². The van der Waals surface area contributed by atoms with Crippen molar-refractivity contribution in [3.63, 3.8) is 0 Å². The van der Waals surface area contributed by atoms with E-state index in [0.29, 0.717) is 18.9 Å². The topological polar surface area (TPSA) is 84.2 Å². The monoisotopic (exact) mass is 241 g/mol. The fourth-order valence-electron chi connectivity index (χ4n) is 2.29. The van der Waals surface area contributed by atoms with Crippen molar-refractivity contribution in [1.82, 2.24) is 10.6 Å². The van der Waals surface area contributed by atoms with Crippen LogP contribution in [0.1, 0.15) is 39.0 Å². The molecule has 0 aromatic carbocycles. The van der Waals surface area contributed by atoms with Gasteiger partial charge >= 0.3 is 0 Å². The lowest BCUT2D eigenvalue weighted by atomic mass is 9.84. The van der Waals surface area contributed by atoms with Crippen LogP contribution in [0.15, 0.2) is 0 Å². The number of amides is 2. The molecule has 0 bridgehead atoms. The Morgan fingerprint density at radius 1 is 1.24 bits per heavy atom. The van der Waals surface area contributed by atoms with Crippen LogP contribution in [0.3, 0.4) is 0 Å². The quantitative estimate of drug-likeness (QED) is 0.640. The number of nitrogens with two attached hydrogens (primary N) is 1. The third kappa shape index (κ3) is 5.68. The van der Waals surface area contributed by atoms with Gasteiger partial charge in [-0.3, -0.25) is 9.59 Å². The number of hydrogen-bond acceptors (Lipinski definition) is 3. The molecule has 4 N–H and O–H groups in total. The van der Waals surface area contributed by atoms with Crippen molar-refractivity contribution in [2.45, 2.75) is 45.1 Å². The van der Waals surface area contributed by atoms with Crippen LogP contribution in [0.25, 0.3) is 0 Å². The molecule has 2 atom stereocenters. The summed E-state index contributed by atoms with van der Waals surface area (Å²) in [5, 5.41) is 5.28. The van der Waals surface area contributed by atoms with E-state index in [1.165, 1.54) is 0 Å². The van der Waals surface area contributed by atoms with Gasteiger partial charge in [0.05, 0.1) is 6.54 Å². The summed E-state index contributed by atoms with van der Waals surface area (Å²) in [6.07, 6.45) is 4.66. The van der Waals surface area contributed by atoms with E-state index < -0.39 is 0 Å². The predicted octanol–water partition coefficient (Wildman–Crippen LogP) is 0.146. The third-order valence-electron chi connectivity index (χ3n) is 3.12. The average molecular weight is 241 g/mol. The first kappa shape index (κ1) is 14.0. The second-order valence-corrected chi connectivity index (χ2v) is 4.73. The summed E-state index contributed by atoms with van der Waals surface area (Å²) < 4.78 is 0. The molecule has 2 unspecified atom stereocenters. The van der Waals surface area contributed by atoms with Gasteiger partial charge in [-0.05, 0) is 32.1 Å². The maximum absolute atomic E-state index is 11.6. The Morgan fingerprint density at radius 2 is 2.00 bits per heavy atom. The lowest BCUT2D eigenvalue weighted by molar-refractivity contribution is -0.126. The highest BCUT2D eigenvalue weighted by atomic mass is 16.2. The molecule has 0 heterocycles. The van der Waals surface area contributed by atoms with Crippen molar-refractivity contribution < 1.29 is 9.59 Å². The Balaban J connectivity index is 2.18. The van der Waals surface area contributed by atoms with Gasteiger partial charge in [-0.1, -0.05) is 6.42 Å². The zero-order chi connectivity index (χ0) is 12.7. The number of hydrogen-bond donors (Lipinski definition) is 3. The summed E-state index contributed by atoms with van der Waals surface area (Å²) in [6.45, 7) is 2.51. The minimum Gasteiger partial charge on any atom is -0.355 e. The van der Waals surface area contributed by atoms with Crippen LogP contribution < -0.4 is 16.4 Å². The van der Waals surface area contributed by atoms with E-state index >= 15 is 0 Å². The molecule has 0 spiro atoms. The fraction of sp³-hybridized carbons (Fsp3) is 0.833. The van der Waals surface area contributed by atoms with Crippen molar-refractivity contribution >= 4 is 11.8 Å². The number of carbonyl (C=O) groups is 2. The molecule has 1 fully saturated rings. The van der Waals surface area contributed by atoms with Crippen LogP contribution in [0.5, 0.6) is 0 Å². The Hall–Kier alpha value is -1.10. The highest BCUT2D eigenvalue weighted by Crippen LogP contribution is 2.25. The van der Waals surface area contributed by atoms with Gasteiger partial charge in [-0.2, -0.15) is 0 Å². The van der Waals surface area contributed by atoms with Crippen LogP contribution in [-0.4, -0.2) is 30.9 Å². The molecule has 1 rings (SSSR count). The Morgan fingerprint density at radius 3 is 2.65 bits per heavy atom. The number of likely N-dealkylation sites (N-methyl/N-ethyl adjacent to an activating group) is 1. The molecule has 1 saturated carbocycles. The molecule has 98 valence electrons. The zero-order valence-electron chi connectivity index (χ0n) is 10.5. The fourth-order valence-corrected chi connectivity index (χ4v) is 2.29. The normalized spacial score (nSPS) is 24.1. The van der Waals surface area contributed by atoms with E-state index in [9.17, 15) is 9.59 Å². The lowest BCUT2D eigenvalue weighted by Crippen LogP contribution is -2.38. The molecular weight excluding hydrogens is 218 g/mol. The summed E-state index contributed by atoms with van der Waals surface area (Å²) >= 11 is 0. The van der Waals surface area contributed by atoms with Crippen molar-refractivity contribution in [2.24, 2.45) is 11.7 Å². The summed E-state index contributed by atoms with van der Waals surface area (Å²) in [4.78, 5) is 22.7. The van der Waals surface area contributed by atoms with Crippen molar-refractivity contribution in [1.29, 1.82) is 0 Å². The van der Waals surface area contributed by atoms with Gasteiger partial charge in [0, 0.05) is 19.0 Å². The SMILES string of the molecule is CCNC(=O)CNC(=O)CC1CCCC(N)C1. The molecule has 2 amide bonds. The molecule has 0 aliphatic heterocycles. The zero-order valence-corrected chi connectivity index (χ0v) is 10.5. The molecule has 5 nitrogen and oxygen atoms in total. The summed E-state index contributed by atoms with van der Waals surface area (Å²) in [5.74, 6) is 0.199. The van der Waals surface area contributed by atoms with Gasteiger partial charge in [-0.25, -0.2) is 0 Å². The molecule has 0 saturated heterocycles. The molecule has 1 aliphatic carbocycles. The highest BCUT2D eigenvalue weighted by molar-refractivity contribution is 5.84. The lowest BCUT2D eigenvalue weighted by Gasteiger charge is -2.25. The van der Waals surface area contributed by atoms with E-state index in [4.69, 9.17) is 5.73 Å². The molecule has 1 aliphatic rings. The van der Waals surface area contributed by atoms with E-state index in [2.05, 4.69) is 10.6 Å². The maximum Gasteiger partial charge on any atom is 0.239 e. The van der Waals surface area contributed by atoms with Gasteiger partial charge in [-0.15, -0.1) is 0 Å². The number of rotatable bonds is 5. The van der Waals surface area contributed by atoms with Crippen LogP contribution >= 0.6 is 0 Å². The number of carbonyl (C=O) groups excluding carboxylic acids is 2. The van der Waals surface area contributed by atoms with Gasteiger partial charge < -0.3 is 16.4 Å². The van der Waals surface area contributed by atoms with Crippen LogP contribution in [-0.2, 0) is 9.59 Å². The van der Waals surface area contributed by atoms with Crippen molar-refractivity contribution in [2.75, 3.05) is 13.1 Å². The second kappa shape index (κ2) is 7.27. The smallest absolute Gasteiger partial charge is 0.239 e. The number of nitrogens with one attached hydrogen (secondary N) is 2. The Labute approximate surface area is 103 Å². The Bertz CT molecular complexity index is 268. The van der Waals surface area contributed by atoms with Crippen LogP contribution in [0.4, 0.5) is 0 Å². The summed E-state index contributed by atoms with van der Waals surface area (Å²) in [6, 6.07) is 0.241. The first-order chi connectivity index (χ1) is 8.11. The summed E-state index contributed by atoms with van der Waals surface area (Å²) in [7, 11) is 0. The van der Waals surface area contributed by atoms with Crippen molar-refractivity contribution in [3.05, 3.63) is 0 Å². The van der Waals surface area contributed by atoms with Crippen LogP contribution in [0.2, 0.25) is 0 Å². The standard InChI is InChI=1S/C12H23N3O2/c1-2-14-12(17)8-15-11(16)7-9-4-3-5-10(13)6-9/h9-10H,2-8,13H2,1H3,(H,14,17)(H,15,16). The van der Waals surface area contributed by atoms with E-state index in [1.807, 2.05) is 6.92 Å². The van der Waals surface area contributed by atoms with Gasteiger partial charge in [0.1, 0.15) is 0 Å². The molecule has 17 heavy (non-hydrogen) atoms. The second-order valence-electron chi connectivity index (χ2n) is 4.73. The largest absolute Gasteiger partial charge is 0.355 e. The maximum atomic E-state index is 11.6. The van der Waals surface area contributed by atoms with E-state index in [-0.39, 0.29) is 24.4 Å². The van der Waals surface area contributed by atoms with Gasteiger partial charge in [0.2, 0.25) is 11.8 Å². The molecule has 5 heteroatoms. The Kier molecular flexibility index (Phi) is 5.97. The van der Waals surface area contributed by atoms with Crippen LogP contribution in [0, 0.1) is 5.92 Å². The summed E-state index contributed by atoms with van der Waals surface area (Å²) in [5.41, 5.74) is 5.87. The van der Waals surface area contributed by atoms with Gasteiger partial charge in [0.25, 0.3) is 0 Å². The van der Waals surface area contributed by atoms with E-state index in [1.54, 1.807) is 0 Å². The molecule has 0 aromatic heterocycles. The molecule has 0 aromatic rings. The molecular formula is C12H23N3O2. The third-order valence-corrected chi connectivity index (χ3v) is 3.12. The molecule has 0 radical (unpaired) electrons. The predicted molar refractivity (Wildman–Crippen MR) is 66.2 cm³/mol. The minimum absolute atomic E-state index is 0.0460. The first-order valence-electron chi connectivity index (χ1n) is 6.40. The average Bonchev–Trinajstić information content (AvgIpc) is 2.27. The minimum atomic E-state index is -0.138. The van der Waals surface area contributed by atoms with Gasteiger partial charge in [0.15, 0.2) is 0 Å². The first-order valence-corrected chi connectivity index (χ1v) is 6.40.